The lowest BCUT2D eigenvalue weighted by Crippen LogP contribution is -2.42. The maximum atomic E-state index is 11.4. The predicted octanol–water partition coefficient (Wildman–Crippen LogP) is 2.80. The van der Waals surface area contributed by atoms with Gasteiger partial charge in [-0.15, -0.1) is 0 Å². The Bertz CT molecular complexity index is 360. The van der Waals surface area contributed by atoms with Gasteiger partial charge in [-0.1, -0.05) is 30.3 Å². The number of rotatable bonds is 2. The van der Waals surface area contributed by atoms with Gasteiger partial charge in [0.1, 0.15) is 5.78 Å². The number of hydrogen-bond acceptors (Lipinski definition) is 2. The predicted molar refractivity (Wildman–Crippen MR) is 65.3 cm³/mol. The first-order valence-corrected chi connectivity index (χ1v) is 6.01. The average Bonchev–Trinajstić information content (AvgIpc) is 2.29. The van der Waals surface area contributed by atoms with Gasteiger partial charge < -0.3 is 0 Å². The Kier molecular flexibility index (Phi) is 3.39. The fourth-order valence-electron chi connectivity index (χ4n) is 2.52. The van der Waals surface area contributed by atoms with Crippen molar-refractivity contribution in [1.29, 1.82) is 0 Å². The molecule has 2 rings (SSSR count). The molecule has 0 unspecified atom stereocenters. The smallest absolute Gasteiger partial charge is 0.135 e. The molecule has 1 saturated heterocycles. The van der Waals surface area contributed by atoms with E-state index < -0.39 is 0 Å². The molecule has 0 saturated carbocycles. The third-order valence-electron chi connectivity index (χ3n) is 3.52. The Balaban J connectivity index is 2.10. The average molecular weight is 217 g/mol. The van der Waals surface area contributed by atoms with Crippen molar-refractivity contribution in [2.75, 3.05) is 6.54 Å². The summed E-state index contributed by atoms with van der Waals surface area (Å²) in [7, 11) is 0. The van der Waals surface area contributed by atoms with Crippen LogP contribution in [0.5, 0.6) is 0 Å². The zero-order chi connectivity index (χ0) is 11.5. The van der Waals surface area contributed by atoms with Crippen LogP contribution in [0.4, 0.5) is 0 Å². The first-order valence-electron chi connectivity index (χ1n) is 6.01. The topological polar surface area (TPSA) is 20.3 Å². The summed E-state index contributed by atoms with van der Waals surface area (Å²) in [6.45, 7) is 5.27. The van der Waals surface area contributed by atoms with E-state index in [1.54, 1.807) is 0 Å². The molecule has 1 heterocycles. The molecule has 1 aromatic carbocycles. The molecule has 0 amide bonds. The van der Waals surface area contributed by atoms with Crippen LogP contribution < -0.4 is 0 Å². The Morgan fingerprint density at radius 3 is 2.62 bits per heavy atom. The van der Waals surface area contributed by atoms with Gasteiger partial charge in [-0.25, -0.2) is 0 Å². The monoisotopic (exact) mass is 217 g/mol. The van der Waals surface area contributed by atoms with Crippen LogP contribution in [0.1, 0.15) is 38.3 Å². The van der Waals surface area contributed by atoms with E-state index in [4.69, 9.17) is 0 Å². The third-order valence-corrected chi connectivity index (χ3v) is 3.52. The number of hydrogen-bond donors (Lipinski definition) is 0. The molecule has 1 aliphatic rings. The van der Waals surface area contributed by atoms with Gasteiger partial charge in [-0.05, 0) is 19.4 Å². The lowest BCUT2D eigenvalue weighted by atomic mass is 9.97. The van der Waals surface area contributed by atoms with Crippen LogP contribution in [0.25, 0.3) is 0 Å². The van der Waals surface area contributed by atoms with E-state index in [0.717, 1.165) is 6.54 Å². The van der Waals surface area contributed by atoms with Crippen molar-refractivity contribution in [3.63, 3.8) is 0 Å². The van der Waals surface area contributed by atoms with Crippen LogP contribution in [0, 0.1) is 0 Å². The number of carbonyl (C=O) groups excluding carboxylic acids is 1. The first kappa shape index (κ1) is 11.3. The minimum absolute atomic E-state index is 0.372. The van der Waals surface area contributed by atoms with Crippen molar-refractivity contribution in [3.05, 3.63) is 35.9 Å². The number of nitrogens with zero attached hydrogens (tertiary/aromatic N) is 1. The molecule has 0 spiro atoms. The molecule has 2 heteroatoms. The van der Waals surface area contributed by atoms with Crippen molar-refractivity contribution in [2.24, 2.45) is 0 Å². The fourth-order valence-corrected chi connectivity index (χ4v) is 2.52. The lowest BCUT2D eigenvalue weighted by Gasteiger charge is -2.37. The summed E-state index contributed by atoms with van der Waals surface area (Å²) >= 11 is 0. The summed E-state index contributed by atoms with van der Waals surface area (Å²) in [4.78, 5) is 13.8. The molecule has 0 N–H and O–H groups in total. The van der Waals surface area contributed by atoms with Crippen molar-refractivity contribution >= 4 is 5.78 Å². The van der Waals surface area contributed by atoms with Crippen molar-refractivity contribution < 1.29 is 4.79 Å². The number of ketones is 1. The summed E-state index contributed by atoms with van der Waals surface area (Å²) in [5, 5.41) is 0. The second-order valence-corrected chi connectivity index (χ2v) is 4.67. The number of Topliss-reactive ketones (excluding diaryl/α,β-unsaturated/α-hetero) is 1. The first-order chi connectivity index (χ1) is 7.68. The quantitative estimate of drug-likeness (QED) is 0.759. The molecule has 0 aromatic heterocycles. The van der Waals surface area contributed by atoms with E-state index in [-0.39, 0.29) is 0 Å². The van der Waals surface area contributed by atoms with E-state index in [9.17, 15) is 4.79 Å². The normalized spacial score (nSPS) is 24.4. The second-order valence-electron chi connectivity index (χ2n) is 4.67. The number of benzene rings is 1. The molecule has 1 aliphatic heterocycles. The number of carbonyl (C=O) groups is 1. The molecule has 0 aliphatic carbocycles. The Labute approximate surface area is 97.3 Å². The summed E-state index contributed by atoms with van der Waals surface area (Å²) in [6.07, 6.45) is 1.42. The minimum atomic E-state index is 0.372. The van der Waals surface area contributed by atoms with E-state index in [0.29, 0.717) is 30.7 Å². The second kappa shape index (κ2) is 4.79. The van der Waals surface area contributed by atoms with Crippen LogP contribution in [-0.4, -0.2) is 23.3 Å². The van der Waals surface area contributed by atoms with E-state index in [1.165, 1.54) is 5.56 Å². The van der Waals surface area contributed by atoms with E-state index in [1.807, 2.05) is 6.07 Å². The number of piperidine rings is 1. The highest BCUT2D eigenvalue weighted by molar-refractivity contribution is 5.79. The van der Waals surface area contributed by atoms with Crippen LogP contribution in [0.2, 0.25) is 0 Å². The Morgan fingerprint density at radius 2 is 2.00 bits per heavy atom. The minimum Gasteiger partial charge on any atom is -0.300 e. The summed E-state index contributed by atoms with van der Waals surface area (Å²) in [6, 6.07) is 11.3. The fraction of sp³-hybridized carbons (Fsp3) is 0.500. The van der Waals surface area contributed by atoms with Crippen LogP contribution in [-0.2, 0) is 4.79 Å². The van der Waals surface area contributed by atoms with Gasteiger partial charge in [-0.2, -0.15) is 0 Å². The molecule has 0 bridgehead atoms. The van der Waals surface area contributed by atoms with Gasteiger partial charge in [0.2, 0.25) is 0 Å². The molecule has 2 atom stereocenters. The molecule has 16 heavy (non-hydrogen) atoms. The highest BCUT2D eigenvalue weighted by Gasteiger charge is 2.27. The van der Waals surface area contributed by atoms with Gasteiger partial charge in [0.25, 0.3) is 0 Å². The summed E-state index contributed by atoms with van der Waals surface area (Å²) < 4.78 is 0. The zero-order valence-electron chi connectivity index (χ0n) is 10.0. The van der Waals surface area contributed by atoms with Crippen molar-refractivity contribution in [1.82, 2.24) is 4.90 Å². The van der Waals surface area contributed by atoms with Gasteiger partial charge in [0.05, 0.1) is 0 Å². The maximum absolute atomic E-state index is 11.4. The van der Waals surface area contributed by atoms with Gasteiger partial charge in [0, 0.05) is 31.5 Å². The van der Waals surface area contributed by atoms with Gasteiger partial charge in [-0.3, -0.25) is 9.69 Å². The van der Waals surface area contributed by atoms with Gasteiger partial charge >= 0.3 is 0 Å². The van der Waals surface area contributed by atoms with E-state index in [2.05, 4.69) is 43.0 Å². The molecule has 1 aromatic rings. The van der Waals surface area contributed by atoms with E-state index >= 15 is 0 Å². The standard InChI is InChI=1S/C14H19NO/c1-11-10-14(16)8-9-15(11)12(2)13-6-4-3-5-7-13/h3-7,11-12H,8-10H2,1-2H3/t11-,12+/m1/s1. The highest BCUT2D eigenvalue weighted by atomic mass is 16.1. The van der Waals surface area contributed by atoms with Crippen LogP contribution in [0.15, 0.2) is 30.3 Å². The molecular formula is C14H19NO. The SMILES string of the molecule is C[C@@H]1CC(=O)CCN1[C@@H](C)c1ccccc1. The summed E-state index contributed by atoms with van der Waals surface area (Å²) in [5.41, 5.74) is 1.34. The Morgan fingerprint density at radius 1 is 1.31 bits per heavy atom. The zero-order valence-corrected chi connectivity index (χ0v) is 10.0. The van der Waals surface area contributed by atoms with Crippen molar-refractivity contribution in [2.45, 2.75) is 38.8 Å². The number of likely N-dealkylation sites (tertiary alicyclic amines) is 1. The van der Waals surface area contributed by atoms with Crippen LogP contribution >= 0.6 is 0 Å². The maximum Gasteiger partial charge on any atom is 0.135 e. The molecule has 2 nitrogen and oxygen atoms in total. The van der Waals surface area contributed by atoms with Gasteiger partial charge in [0.15, 0.2) is 0 Å². The molecule has 1 fully saturated rings. The third kappa shape index (κ3) is 2.33. The lowest BCUT2D eigenvalue weighted by molar-refractivity contribution is -0.123. The Hall–Kier alpha value is -1.15. The largest absolute Gasteiger partial charge is 0.300 e. The summed E-state index contributed by atoms with van der Waals surface area (Å²) in [5.74, 6) is 0.406. The van der Waals surface area contributed by atoms with Crippen LogP contribution in [0.3, 0.4) is 0 Å². The molecular weight excluding hydrogens is 198 g/mol. The molecule has 0 radical (unpaired) electrons. The highest BCUT2D eigenvalue weighted by Crippen LogP contribution is 2.26. The van der Waals surface area contributed by atoms with Crippen molar-refractivity contribution in [3.8, 4) is 0 Å². The molecule has 86 valence electrons.